The zero-order chi connectivity index (χ0) is 23.4. The fourth-order valence-electron chi connectivity index (χ4n) is 3.05. The van der Waals surface area contributed by atoms with Gasteiger partial charge in [-0.25, -0.2) is 9.18 Å². The van der Waals surface area contributed by atoms with Gasteiger partial charge in [0, 0.05) is 18.2 Å². The number of anilines is 2. The summed E-state index contributed by atoms with van der Waals surface area (Å²) in [7, 11) is 0. The fourth-order valence-corrected chi connectivity index (χ4v) is 3.28. The van der Waals surface area contributed by atoms with E-state index in [-0.39, 0.29) is 29.7 Å². The molecule has 32 heavy (non-hydrogen) atoms. The molecule has 1 atom stereocenters. The van der Waals surface area contributed by atoms with Gasteiger partial charge in [0.25, 0.3) is 0 Å². The summed E-state index contributed by atoms with van der Waals surface area (Å²) in [6.45, 7) is 1.76. The Labute approximate surface area is 188 Å². The van der Waals surface area contributed by atoms with Crippen LogP contribution < -0.4 is 21.3 Å². The van der Waals surface area contributed by atoms with Gasteiger partial charge in [0.15, 0.2) is 0 Å². The molecule has 0 spiro atoms. The predicted octanol–water partition coefficient (Wildman–Crippen LogP) is 2.65. The number of thiocarbonyl (C=S) groups is 1. The van der Waals surface area contributed by atoms with E-state index < -0.39 is 23.9 Å². The van der Waals surface area contributed by atoms with E-state index in [2.05, 4.69) is 10.6 Å². The van der Waals surface area contributed by atoms with Gasteiger partial charge >= 0.3 is 6.09 Å². The molecule has 1 fully saturated rings. The van der Waals surface area contributed by atoms with Gasteiger partial charge in [-0.1, -0.05) is 24.4 Å². The number of rotatable bonds is 7. The quantitative estimate of drug-likeness (QED) is 0.246. The summed E-state index contributed by atoms with van der Waals surface area (Å²) in [6.07, 6.45) is -1.11. The number of benzene rings is 2. The molecule has 2 aromatic carbocycles. The van der Waals surface area contributed by atoms with Crippen LogP contribution in [0.25, 0.3) is 11.1 Å². The number of amides is 2. The van der Waals surface area contributed by atoms with Crippen LogP contribution in [0, 0.1) is 16.6 Å². The first-order chi connectivity index (χ1) is 15.2. The minimum absolute atomic E-state index is 0.00934. The van der Waals surface area contributed by atoms with E-state index in [1.165, 1.54) is 17.9 Å². The molecule has 2 amide bonds. The predicted molar refractivity (Wildman–Crippen MR) is 124 cm³/mol. The van der Waals surface area contributed by atoms with Crippen molar-refractivity contribution in [2.45, 2.75) is 13.0 Å². The molecule has 0 aromatic heterocycles. The first-order valence-electron chi connectivity index (χ1n) is 9.52. The number of carbonyl (C=O) groups excluding carboxylic acids is 2. The lowest BCUT2D eigenvalue weighted by Gasteiger charge is -2.15. The van der Waals surface area contributed by atoms with Crippen LogP contribution in [0.3, 0.4) is 0 Å². The van der Waals surface area contributed by atoms with E-state index in [0.717, 1.165) is 0 Å². The highest BCUT2D eigenvalue weighted by Crippen LogP contribution is 2.29. The number of nitrogens with zero attached hydrogens (tertiary/aromatic N) is 1. The second-order valence-electron chi connectivity index (χ2n) is 7.04. The Hall–Kier alpha value is -3.86. The summed E-state index contributed by atoms with van der Waals surface area (Å²) in [5, 5.41) is 20.2. The Morgan fingerprint density at radius 2 is 1.97 bits per heavy atom. The fraction of sp³-hybridized carbons (Fsp3) is 0.190. The molecule has 1 aliphatic heterocycles. The Balaban J connectivity index is 1.71. The van der Waals surface area contributed by atoms with Crippen LogP contribution in [0.5, 0.6) is 0 Å². The van der Waals surface area contributed by atoms with Crippen LogP contribution in [0.1, 0.15) is 6.92 Å². The van der Waals surface area contributed by atoms with Gasteiger partial charge in [0.05, 0.1) is 18.8 Å². The average molecular weight is 457 g/mol. The second kappa shape index (κ2) is 9.52. The van der Waals surface area contributed by atoms with Gasteiger partial charge < -0.3 is 21.1 Å². The van der Waals surface area contributed by atoms with E-state index in [4.69, 9.17) is 33.5 Å². The van der Waals surface area contributed by atoms with Crippen molar-refractivity contribution in [3.63, 3.8) is 0 Å². The number of hydrogen-bond donors (Lipinski definition) is 5. The van der Waals surface area contributed by atoms with Crippen LogP contribution in [-0.4, -0.2) is 47.7 Å². The summed E-state index contributed by atoms with van der Waals surface area (Å²) < 4.78 is 20.0. The highest BCUT2D eigenvalue weighted by Gasteiger charge is 2.32. The van der Waals surface area contributed by atoms with Gasteiger partial charge in [-0.2, -0.15) is 0 Å². The van der Waals surface area contributed by atoms with Crippen molar-refractivity contribution >= 4 is 52.1 Å². The van der Waals surface area contributed by atoms with Crippen LogP contribution >= 0.6 is 12.2 Å². The first kappa shape index (κ1) is 22.8. The third-order valence-electron chi connectivity index (χ3n) is 4.67. The lowest BCUT2D eigenvalue weighted by Crippen LogP contribution is -2.33. The largest absolute Gasteiger partial charge is 0.442 e. The van der Waals surface area contributed by atoms with Crippen molar-refractivity contribution in [3.8, 4) is 11.1 Å². The van der Waals surface area contributed by atoms with Crippen molar-refractivity contribution in [2.75, 3.05) is 23.3 Å². The summed E-state index contributed by atoms with van der Waals surface area (Å²) in [6, 6.07) is 11.1. The van der Waals surface area contributed by atoms with Crippen molar-refractivity contribution < 1.29 is 18.7 Å². The molecule has 11 heteroatoms. The summed E-state index contributed by atoms with van der Waals surface area (Å²) in [5.41, 5.74) is 6.81. The van der Waals surface area contributed by atoms with Gasteiger partial charge in [-0.3, -0.25) is 20.5 Å². The third-order valence-corrected chi connectivity index (χ3v) is 4.97. The molecule has 0 bridgehead atoms. The zero-order valence-electron chi connectivity index (χ0n) is 17.1. The van der Waals surface area contributed by atoms with Crippen molar-refractivity contribution in [1.29, 1.82) is 10.8 Å². The molecule has 6 N–H and O–H groups in total. The minimum Gasteiger partial charge on any atom is -0.442 e. The molecule has 0 radical (unpaired) electrons. The Bertz CT molecular complexity index is 1110. The Morgan fingerprint density at radius 1 is 1.28 bits per heavy atom. The molecule has 0 saturated carbocycles. The zero-order valence-corrected chi connectivity index (χ0v) is 17.9. The topological polar surface area (TPSA) is 144 Å². The number of ether oxygens (including phenoxy) is 1. The molecule has 1 unspecified atom stereocenters. The lowest BCUT2D eigenvalue weighted by molar-refractivity contribution is -0.119. The molecule has 1 aliphatic rings. The molecule has 0 aliphatic carbocycles. The van der Waals surface area contributed by atoms with E-state index >= 15 is 0 Å². The minimum atomic E-state index is -0.602. The maximum atomic E-state index is 14.8. The van der Waals surface area contributed by atoms with E-state index in [9.17, 15) is 14.0 Å². The molecule has 3 rings (SSSR count). The summed E-state index contributed by atoms with van der Waals surface area (Å²) in [4.78, 5) is 24.5. The van der Waals surface area contributed by atoms with Crippen molar-refractivity contribution in [3.05, 3.63) is 48.3 Å². The van der Waals surface area contributed by atoms with Crippen molar-refractivity contribution in [2.24, 2.45) is 5.73 Å². The monoisotopic (exact) mass is 456 g/mol. The van der Waals surface area contributed by atoms with E-state index in [1.807, 2.05) is 0 Å². The first-order valence-corrected chi connectivity index (χ1v) is 9.93. The number of amidine groups is 1. The number of nitrogens with two attached hydrogens (primary N) is 1. The number of hydrogen-bond acceptors (Lipinski definition) is 6. The molecular weight excluding hydrogens is 435 g/mol. The Kier molecular flexibility index (Phi) is 6.79. The van der Waals surface area contributed by atoms with E-state index in [1.54, 1.807) is 36.4 Å². The highest BCUT2D eigenvalue weighted by atomic mass is 32.1. The molecule has 1 heterocycles. The van der Waals surface area contributed by atoms with Gasteiger partial charge in [-0.05, 0) is 35.9 Å². The highest BCUT2D eigenvalue weighted by molar-refractivity contribution is 7.82. The normalized spacial score (nSPS) is 15.1. The third kappa shape index (κ3) is 5.24. The average Bonchev–Trinajstić information content (AvgIpc) is 3.12. The summed E-state index contributed by atoms with van der Waals surface area (Å²) >= 11 is 5.02. The second-order valence-corrected chi connectivity index (χ2v) is 7.45. The summed E-state index contributed by atoms with van der Waals surface area (Å²) in [5.74, 6) is -1.19. The SMILES string of the molecule is CC(=O)NCC1CN(c2ccc(-c3ccc(NC(=S)C(=N)C(=N)N)cc3)c(F)c2)C(=O)O1. The molecular formula is C21H21FN6O3S. The van der Waals surface area contributed by atoms with Gasteiger partial charge in [0.1, 0.15) is 28.5 Å². The number of halogens is 1. The number of nitrogens with one attached hydrogen (secondary N) is 4. The van der Waals surface area contributed by atoms with Crippen LogP contribution in [0.2, 0.25) is 0 Å². The maximum Gasteiger partial charge on any atom is 0.414 e. The molecule has 1 saturated heterocycles. The lowest BCUT2D eigenvalue weighted by atomic mass is 10.0. The van der Waals surface area contributed by atoms with Crippen LogP contribution in [-0.2, 0) is 9.53 Å². The standard InChI is InChI=1S/C21H21FN6O3S/c1-11(29)26-9-15-10-28(21(30)31-15)14-6-7-16(17(22)8-14)12-2-4-13(5-3-12)27-20(32)18(23)19(24)25/h2-8,15,23H,9-10H2,1H3,(H3,24,25)(H,26,29)(H,27,32). The van der Waals surface area contributed by atoms with E-state index in [0.29, 0.717) is 22.5 Å². The Morgan fingerprint density at radius 3 is 2.56 bits per heavy atom. The number of carbonyl (C=O) groups is 2. The van der Waals surface area contributed by atoms with Crippen LogP contribution in [0.15, 0.2) is 42.5 Å². The van der Waals surface area contributed by atoms with Crippen LogP contribution in [0.4, 0.5) is 20.6 Å². The molecule has 9 nitrogen and oxygen atoms in total. The molecule has 2 aromatic rings. The smallest absolute Gasteiger partial charge is 0.414 e. The maximum absolute atomic E-state index is 14.8. The van der Waals surface area contributed by atoms with Gasteiger partial charge in [-0.15, -0.1) is 0 Å². The van der Waals surface area contributed by atoms with Gasteiger partial charge in [0.2, 0.25) is 5.91 Å². The number of cyclic esters (lactones) is 1. The molecule has 166 valence electrons. The van der Waals surface area contributed by atoms with Crippen molar-refractivity contribution in [1.82, 2.24) is 5.32 Å².